The van der Waals surface area contributed by atoms with E-state index in [-0.39, 0.29) is 35.1 Å². The molecule has 0 amide bonds. The van der Waals surface area contributed by atoms with Crippen LogP contribution in [0.3, 0.4) is 0 Å². The second-order valence-corrected chi connectivity index (χ2v) is 9.67. The number of halogens is 1. The zero-order chi connectivity index (χ0) is 18.0. The van der Waals surface area contributed by atoms with Crippen LogP contribution in [0.2, 0.25) is 0 Å². The molecule has 1 aliphatic rings. The van der Waals surface area contributed by atoms with Crippen LogP contribution in [-0.2, 0) is 15.3 Å². The molecule has 1 aromatic rings. The molecule has 0 heterocycles. The molecular formula is C18H30IN3O2S. The summed E-state index contributed by atoms with van der Waals surface area (Å²) in [4.78, 5) is 4.50. The molecule has 25 heavy (non-hydrogen) atoms. The first kappa shape index (κ1) is 22.2. The van der Waals surface area contributed by atoms with Crippen LogP contribution in [-0.4, -0.2) is 39.8 Å². The van der Waals surface area contributed by atoms with E-state index in [0.29, 0.717) is 29.4 Å². The normalized spacial score (nSPS) is 20.6. The maximum Gasteiger partial charge on any atom is 0.191 e. The Morgan fingerprint density at radius 1 is 1.24 bits per heavy atom. The van der Waals surface area contributed by atoms with Gasteiger partial charge in [0.25, 0.3) is 0 Å². The summed E-state index contributed by atoms with van der Waals surface area (Å²) in [5, 5.41) is 6.37. The van der Waals surface area contributed by atoms with E-state index in [4.69, 9.17) is 0 Å². The predicted molar refractivity (Wildman–Crippen MR) is 115 cm³/mol. The van der Waals surface area contributed by atoms with Gasteiger partial charge in [-0.15, -0.1) is 24.0 Å². The van der Waals surface area contributed by atoms with Crippen molar-refractivity contribution in [1.29, 1.82) is 0 Å². The number of rotatable bonds is 5. The van der Waals surface area contributed by atoms with E-state index in [0.717, 1.165) is 12.0 Å². The molecule has 7 heteroatoms. The number of benzene rings is 1. The van der Waals surface area contributed by atoms with Crippen LogP contribution in [0.4, 0.5) is 0 Å². The van der Waals surface area contributed by atoms with E-state index in [1.807, 2.05) is 12.1 Å². The molecule has 0 bridgehead atoms. The Morgan fingerprint density at radius 2 is 1.80 bits per heavy atom. The SMILES string of the molecule is CN=C(NCCS(=O)(=O)c1ccc(C(C)(C)C)cc1)NC1CC1C.I. The smallest absolute Gasteiger partial charge is 0.191 e. The van der Waals surface area contributed by atoms with E-state index in [9.17, 15) is 8.42 Å². The van der Waals surface area contributed by atoms with Gasteiger partial charge in [0.05, 0.1) is 10.6 Å². The van der Waals surface area contributed by atoms with Crippen molar-refractivity contribution < 1.29 is 8.42 Å². The van der Waals surface area contributed by atoms with Gasteiger partial charge in [0.2, 0.25) is 0 Å². The maximum atomic E-state index is 12.4. The van der Waals surface area contributed by atoms with Crippen LogP contribution in [0.5, 0.6) is 0 Å². The van der Waals surface area contributed by atoms with Crippen LogP contribution in [0, 0.1) is 5.92 Å². The van der Waals surface area contributed by atoms with Crippen molar-refractivity contribution in [2.45, 2.75) is 50.5 Å². The van der Waals surface area contributed by atoms with Gasteiger partial charge in [-0.3, -0.25) is 4.99 Å². The van der Waals surface area contributed by atoms with Crippen molar-refractivity contribution in [2.24, 2.45) is 10.9 Å². The van der Waals surface area contributed by atoms with Crippen LogP contribution >= 0.6 is 24.0 Å². The number of aliphatic imine (C=N–C) groups is 1. The molecule has 142 valence electrons. The average molecular weight is 479 g/mol. The molecule has 0 aromatic heterocycles. The number of hydrogen-bond donors (Lipinski definition) is 2. The van der Waals surface area contributed by atoms with Gasteiger partial charge in [0.15, 0.2) is 15.8 Å². The van der Waals surface area contributed by atoms with Crippen LogP contribution < -0.4 is 10.6 Å². The Bertz CT molecular complexity index is 694. The van der Waals surface area contributed by atoms with Crippen molar-refractivity contribution in [1.82, 2.24) is 10.6 Å². The predicted octanol–water partition coefficient (Wildman–Crippen LogP) is 2.95. The first-order chi connectivity index (χ1) is 11.1. The Morgan fingerprint density at radius 3 is 2.24 bits per heavy atom. The van der Waals surface area contributed by atoms with Crippen LogP contribution in [0.25, 0.3) is 0 Å². The topological polar surface area (TPSA) is 70.6 Å². The van der Waals surface area contributed by atoms with Crippen molar-refractivity contribution >= 4 is 39.8 Å². The average Bonchev–Trinajstić information content (AvgIpc) is 3.20. The zero-order valence-electron chi connectivity index (χ0n) is 15.7. The highest BCUT2D eigenvalue weighted by molar-refractivity contribution is 14.0. The number of nitrogens with zero attached hydrogens (tertiary/aromatic N) is 1. The van der Waals surface area contributed by atoms with Crippen molar-refractivity contribution in [3.8, 4) is 0 Å². The summed E-state index contributed by atoms with van der Waals surface area (Å²) in [5.41, 5.74) is 1.14. The minimum atomic E-state index is -3.30. The molecule has 2 unspecified atom stereocenters. The van der Waals surface area contributed by atoms with E-state index in [1.54, 1.807) is 19.2 Å². The molecule has 1 saturated carbocycles. The highest BCUT2D eigenvalue weighted by Crippen LogP contribution is 2.28. The van der Waals surface area contributed by atoms with Gasteiger partial charge >= 0.3 is 0 Å². The van der Waals surface area contributed by atoms with E-state index in [2.05, 4.69) is 43.3 Å². The lowest BCUT2D eigenvalue weighted by Crippen LogP contribution is -2.41. The van der Waals surface area contributed by atoms with Crippen LogP contribution in [0.15, 0.2) is 34.2 Å². The van der Waals surface area contributed by atoms with E-state index < -0.39 is 9.84 Å². The molecule has 0 radical (unpaired) electrons. The Labute approximate surface area is 169 Å². The Balaban J connectivity index is 0.00000312. The summed E-state index contributed by atoms with van der Waals surface area (Å²) in [5.74, 6) is 1.37. The maximum absolute atomic E-state index is 12.4. The second kappa shape index (κ2) is 8.70. The van der Waals surface area contributed by atoms with Gasteiger partial charge < -0.3 is 10.6 Å². The van der Waals surface area contributed by atoms with Gasteiger partial charge in [-0.1, -0.05) is 39.8 Å². The Hall–Kier alpha value is -0.830. The van der Waals surface area contributed by atoms with Gasteiger partial charge in [-0.05, 0) is 35.4 Å². The molecule has 1 fully saturated rings. The fourth-order valence-corrected chi connectivity index (χ4v) is 3.63. The van der Waals surface area contributed by atoms with Crippen molar-refractivity contribution in [2.75, 3.05) is 19.3 Å². The quantitative estimate of drug-likeness (QED) is 0.387. The molecule has 5 nitrogen and oxygen atoms in total. The summed E-state index contributed by atoms with van der Waals surface area (Å²) in [7, 11) is -1.60. The molecule has 2 atom stereocenters. The summed E-state index contributed by atoms with van der Waals surface area (Å²) in [6, 6.07) is 7.66. The highest BCUT2D eigenvalue weighted by atomic mass is 127. The molecule has 1 aliphatic carbocycles. The van der Waals surface area contributed by atoms with Gasteiger partial charge in [-0.25, -0.2) is 8.42 Å². The molecular weight excluding hydrogens is 449 g/mol. The third kappa shape index (κ3) is 6.44. The number of nitrogens with one attached hydrogen (secondary N) is 2. The summed E-state index contributed by atoms with van der Waals surface area (Å²) in [6.07, 6.45) is 1.14. The largest absolute Gasteiger partial charge is 0.355 e. The fraction of sp³-hybridized carbons (Fsp3) is 0.611. The lowest BCUT2D eigenvalue weighted by Gasteiger charge is -2.19. The standard InChI is InChI=1S/C18H29N3O2S.HI/c1-13-12-16(13)21-17(19-5)20-10-11-24(22,23)15-8-6-14(7-9-15)18(2,3)4;/h6-9,13,16H,10-12H2,1-5H3,(H2,19,20,21);1H. The monoisotopic (exact) mass is 479 g/mol. The molecule has 1 aromatic carbocycles. The van der Waals surface area contributed by atoms with Gasteiger partial charge in [0, 0.05) is 19.6 Å². The van der Waals surface area contributed by atoms with Gasteiger partial charge in [-0.2, -0.15) is 0 Å². The Kier molecular flexibility index (Phi) is 7.73. The first-order valence-electron chi connectivity index (χ1n) is 8.44. The number of sulfone groups is 1. The fourth-order valence-electron chi connectivity index (χ4n) is 2.48. The first-order valence-corrected chi connectivity index (χ1v) is 10.1. The number of guanidine groups is 1. The van der Waals surface area contributed by atoms with Crippen molar-refractivity contribution in [3.63, 3.8) is 0 Å². The zero-order valence-corrected chi connectivity index (χ0v) is 18.8. The molecule has 0 saturated heterocycles. The van der Waals surface area contributed by atoms with Crippen molar-refractivity contribution in [3.05, 3.63) is 29.8 Å². The lowest BCUT2D eigenvalue weighted by atomic mass is 9.87. The third-order valence-corrected chi connectivity index (χ3v) is 6.13. The highest BCUT2D eigenvalue weighted by Gasteiger charge is 2.33. The minimum absolute atomic E-state index is 0. The second-order valence-electron chi connectivity index (χ2n) is 7.56. The molecule has 2 rings (SSSR count). The summed E-state index contributed by atoms with van der Waals surface area (Å²) < 4.78 is 24.9. The molecule has 2 N–H and O–H groups in total. The number of hydrogen-bond acceptors (Lipinski definition) is 3. The summed E-state index contributed by atoms with van der Waals surface area (Å²) >= 11 is 0. The van der Waals surface area contributed by atoms with Gasteiger partial charge in [0.1, 0.15) is 0 Å². The minimum Gasteiger partial charge on any atom is -0.355 e. The van der Waals surface area contributed by atoms with E-state index in [1.165, 1.54) is 0 Å². The van der Waals surface area contributed by atoms with E-state index >= 15 is 0 Å². The molecule has 0 aliphatic heterocycles. The molecule has 0 spiro atoms. The van der Waals surface area contributed by atoms with Crippen LogP contribution in [0.1, 0.15) is 39.7 Å². The summed E-state index contributed by atoms with van der Waals surface area (Å²) in [6.45, 7) is 8.85. The lowest BCUT2D eigenvalue weighted by molar-refractivity contribution is 0.586. The third-order valence-electron chi connectivity index (χ3n) is 4.40.